The van der Waals surface area contributed by atoms with Crippen LogP contribution in [0.25, 0.3) is 5.57 Å². The standard InChI is InChI=1S/C20H19F4NO3/c1-13-4-6-14(7-5-13)18(20(22,23)24)19(21)28-12-17(26)25(2)15-8-10-16(27-3)11-9-15/h4-11H,12H2,1-3H3/b19-18+. The summed E-state index contributed by atoms with van der Waals surface area (Å²) in [7, 11) is 2.89. The fraction of sp³-hybridized carbons (Fsp3) is 0.250. The number of nitrogens with zero attached hydrogens (tertiary/aromatic N) is 1. The normalized spacial score (nSPS) is 12.2. The van der Waals surface area contributed by atoms with Gasteiger partial charge in [-0.2, -0.15) is 17.6 Å². The van der Waals surface area contributed by atoms with E-state index >= 15 is 0 Å². The average Bonchev–Trinajstić information content (AvgIpc) is 2.66. The Morgan fingerprint density at radius 3 is 2.11 bits per heavy atom. The molecule has 0 aliphatic carbocycles. The number of methoxy groups -OCH3 is 1. The Morgan fingerprint density at radius 2 is 1.61 bits per heavy atom. The van der Waals surface area contributed by atoms with Gasteiger partial charge >= 0.3 is 6.18 Å². The van der Waals surface area contributed by atoms with Gasteiger partial charge in [0.2, 0.25) is 0 Å². The number of hydrogen-bond donors (Lipinski definition) is 0. The summed E-state index contributed by atoms with van der Waals surface area (Å²) in [6.45, 7) is 0.807. The number of amides is 1. The second kappa shape index (κ2) is 8.77. The SMILES string of the molecule is COc1ccc(N(C)C(=O)CO/C(F)=C(\c2ccc(C)cc2)C(F)(F)F)cc1. The second-order valence-corrected chi connectivity index (χ2v) is 5.95. The van der Waals surface area contributed by atoms with E-state index in [0.717, 1.165) is 22.6 Å². The maximum Gasteiger partial charge on any atom is 0.422 e. The van der Waals surface area contributed by atoms with Crippen molar-refractivity contribution in [1.29, 1.82) is 0 Å². The molecule has 0 bridgehead atoms. The van der Waals surface area contributed by atoms with Gasteiger partial charge in [-0.3, -0.25) is 4.79 Å². The summed E-state index contributed by atoms with van der Waals surface area (Å²) < 4.78 is 63.6. The highest BCUT2D eigenvalue weighted by molar-refractivity contribution is 5.93. The zero-order chi connectivity index (χ0) is 20.9. The van der Waals surface area contributed by atoms with Gasteiger partial charge in [0.1, 0.15) is 11.3 Å². The molecule has 0 heterocycles. The smallest absolute Gasteiger partial charge is 0.422 e. The number of hydrogen-bond acceptors (Lipinski definition) is 3. The lowest BCUT2D eigenvalue weighted by atomic mass is 10.0. The van der Waals surface area contributed by atoms with Crippen LogP contribution >= 0.6 is 0 Å². The van der Waals surface area contributed by atoms with Crippen molar-refractivity contribution in [2.24, 2.45) is 0 Å². The number of allylic oxidation sites excluding steroid dienone is 1. The molecule has 0 aliphatic rings. The van der Waals surface area contributed by atoms with Crippen LogP contribution in [-0.2, 0) is 9.53 Å². The maximum atomic E-state index is 14.2. The topological polar surface area (TPSA) is 38.8 Å². The lowest BCUT2D eigenvalue weighted by Crippen LogP contribution is -2.30. The molecule has 2 rings (SSSR count). The molecule has 150 valence electrons. The molecule has 1 amide bonds. The minimum atomic E-state index is -4.98. The van der Waals surface area contributed by atoms with Gasteiger partial charge in [-0.05, 0) is 36.8 Å². The van der Waals surface area contributed by atoms with Crippen LogP contribution < -0.4 is 9.64 Å². The zero-order valence-electron chi connectivity index (χ0n) is 15.5. The Morgan fingerprint density at radius 1 is 1.04 bits per heavy atom. The number of likely N-dealkylation sites (N-methyl/N-ethyl adjacent to an activating group) is 1. The highest BCUT2D eigenvalue weighted by atomic mass is 19.4. The molecule has 0 N–H and O–H groups in total. The number of halogens is 4. The van der Waals surface area contributed by atoms with Crippen molar-refractivity contribution in [1.82, 2.24) is 0 Å². The third-order valence-corrected chi connectivity index (χ3v) is 3.98. The molecular weight excluding hydrogens is 378 g/mol. The molecule has 0 atom stereocenters. The average molecular weight is 397 g/mol. The van der Waals surface area contributed by atoms with E-state index in [-0.39, 0.29) is 5.56 Å². The Hall–Kier alpha value is -3.03. The highest BCUT2D eigenvalue weighted by Gasteiger charge is 2.39. The Bertz CT molecular complexity index is 843. The predicted octanol–water partition coefficient (Wildman–Crippen LogP) is 4.88. The fourth-order valence-corrected chi connectivity index (χ4v) is 2.35. The lowest BCUT2D eigenvalue weighted by Gasteiger charge is -2.18. The minimum absolute atomic E-state index is 0.383. The van der Waals surface area contributed by atoms with Crippen LogP contribution in [-0.4, -0.2) is 32.8 Å². The lowest BCUT2D eigenvalue weighted by molar-refractivity contribution is -0.122. The van der Waals surface area contributed by atoms with E-state index in [0.29, 0.717) is 11.4 Å². The van der Waals surface area contributed by atoms with E-state index in [1.165, 1.54) is 26.3 Å². The van der Waals surface area contributed by atoms with Crippen molar-refractivity contribution in [3.63, 3.8) is 0 Å². The molecule has 28 heavy (non-hydrogen) atoms. The van der Waals surface area contributed by atoms with Gasteiger partial charge < -0.3 is 14.4 Å². The van der Waals surface area contributed by atoms with Crippen LogP contribution in [0, 0.1) is 6.92 Å². The molecule has 0 spiro atoms. The quantitative estimate of drug-likeness (QED) is 0.515. The molecule has 0 radical (unpaired) electrons. The van der Waals surface area contributed by atoms with Crippen LogP contribution in [0.5, 0.6) is 5.75 Å². The van der Waals surface area contributed by atoms with Crippen molar-refractivity contribution in [3.8, 4) is 5.75 Å². The number of rotatable bonds is 6. The van der Waals surface area contributed by atoms with Crippen molar-refractivity contribution < 1.29 is 31.8 Å². The summed E-state index contributed by atoms with van der Waals surface area (Å²) in [6.07, 6.45) is -4.98. The molecule has 0 aromatic heterocycles. The van der Waals surface area contributed by atoms with Gasteiger partial charge in [0.15, 0.2) is 6.61 Å². The third kappa shape index (κ3) is 5.25. The van der Waals surface area contributed by atoms with Crippen LogP contribution in [0.3, 0.4) is 0 Å². The van der Waals surface area contributed by atoms with Crippen molar-refractivity contribution in [2.45, 2.75) is 13.1 Å². The highest BCUT2D eigenvalue weighted by Crippen LogP contribution is 2.37. The summed E-state index contributed by atoms with van der Waals surface area (Å²) in [4.78, 5) is 13.3. The van der Waals surface area contributed by atoms with Crippen molar-refractivity contribution in [3.05, 3.63) is 65.7 Å². The number of anilines is 1. The van der Waals surface area contributed by atoms with Crippen molar-refractivity contribution >= 4 is 17.2 Å². The number of ether oxygens (including phenoxy) is 2. The molecule has 0 fully saturated rings. The molecular formula is C20H19F4NO3. The van der Waals surface area contributed by atoms with Gasteiger partial charge in [-0.1, -0.05) is 29.8 Å². The van der Waals surface area contributed by atoms with Gasteiger partial charge in [-0.15, -0.1) is 0 Å². The van der Waals surface area contributed by atoms with Crippen LogP contribution in [0.4, 0.5) is 23.2 Å². The third-order valence-electron chi connectivity index (χ3n) is 3.98. The molecule has 8 heteroatoms. The predicted molar refractivity (Wildman–Crippen MR) is 97.6 cm³/mol. The second-order valence-electron chi connectivity index (χ2n) is 5.95. The summed E-state index contributed by atoms with van der Waals surface area (Å²) in [5.41, 5.74) is -0.768. The Kier molecular flexibility index (Phi) is 6.66. The first kappa shape index (κ1) is 21.3. The zero-order valence-corrected chi connectivity index (χ0v) is 15.5. The van der Waals surface area contributed by atoms with E-state index in [4.69, 9.17) is 4.74 Å². The van der Waals surface area contributed by atoms with Gasteiger partial charge in [0.05, 0.1) is 7.11 Å². The first-order chi connectivity index (χ1) is 13.1. The largest absolute Gasteiger partial charge is 0.497 e. The monoisotopic (exact) mass is 397 g/mol. The number of benzene rings is 2. The van der Waals surface area contributed by atoms with E-state index in [2.05, 4.69) is 4.74 Å². The summed E-state index contributed by atoms with van der Waals surface area (Å²) in [6, 6.07) is 9.67. The Balaban J connectivity index is 2.16. The van der Waals surface area contributed by atoms with E-state index in [1.807, 2.05) is 0 Å². The summed E-state index contributed by atoms with van der Waals surface area (Å²) >= 11 is 0. The fourth-order valence-electron chi connectivity index (χ4n) is 2.35. The summed E-state index contributed by atoms with van der Waals surface area (Å²) in [5.74, 6) is -0.145. The van der Waals surface area contributed by atoms with E-state index in [1.54, 1.807) is 31.2 Å². The van der Waals surface area contributed by atoms with Crippen LogP contribution in [0.15, 0.2) is 54.5 Å². The van der Waals surface area contributed by atoms with E-state index in [9.17, 15) is 22.4 Å². The van der Waals surface area contributed by atoms with Crippen molar-refractivity contribution in [2.75, 3.05) is 25.7 Å². The molecule has 0 aliphatic heterocycles. The number of alkyl halides is 3. The number of carbonyl (C=O) groups is 1. The van der Waals surface area contributed by atoms with E-state index < -0.39 is 30.3 Å². The van der Waals surface area contributed by atoms with Crippen LogP contribution in [0.1, 0.15) is 11.1 Å². The number of aryl methyl sites for hydroxylation is 1. The van der Waals surface area contributed by atoms with Crippen LogP contribution in [0.2, 0.25) is 0 Å². The first-order valence-electron chi connectivity index (χ1n) is 8.21. The molecule has 0 saturated heterocycles. The molecule has 2 aromatic carbocycles. The van der Waals surface area contributed by atoms with Gasteiger partial charge in [0, 0.05) is 12.7 Å². The summed E-state index contributed by atoms with van der Waals surface area (Å²) in [5, 5.41) is 0. The Labute approximate surface area is 160 Å². The van der Waals surface area contributed by atoms with Gasteiger partial charge in [-0.25, -0.2) is 0 Å². The minimum Gasteiger partial charge on any atom is -0.497 e. The molecule has 4 nitrogen and oxygen atoms in total. The maximum absolute atomic E-state index is 14.2. The molecule has 0 unspecified atom stereocenters. The first-order valence-corrected chi connectivity index (χ1v) is 8.21. The molecule has 2 aromatic rings. The van der Waals surface area contributed by atoms with Gasteiger partial charge in [0.25, 0.3) is 11.9 Å². The number of carbonyl (C=O) groups excluding carboxylic acids is 1. The molecule has 0 saturated carbocycles.